The van der Waals surface area contributed by atoms with Crippen LogP contribution < -0.4 is 5.73 Å². The molecule has 0 saturated heterocycles. The fourth-order valence-electron chi connectivity index (χ4n) is 2.44. The van der Waals surface area contributed by atoms with E-state index in [1.54, 1.807) is 0 Å². The summed E-state index contributed by atoms with van der Waals surface area (Å²) in [5.41, 5.74) is 5.23. The van der Waals surface area contributed by atoms with E-state index in [1.165, 1.54) is 6.42 Å². The van der Waals surface area contributed by atoms with Crippen LogP contribution in [0.15, 0.2) is 0 Å². The maximum absolute atomic E-state index is 12.6. The highest BCUT2D eigenvalue weighted by Crippen LogP contribution is 2.37. The lowest BCUT2D eigenvalue weighted by Gasteiger charge is -2.27. The van der Waals surface area contributed by atoms with Crippen molar-refractivity contribution in [1.82, 2.24) is 0 Å². The predicted molar refractivity (Wildman–Crippen MR) is 54.4 cm³/mol. The number of halogens is 3. The zero-order valence-electron chi connectivity index (χ0n) is 9.02. The Balaban J connectivity index is 2.42. The third-order valence-electron chi connectivity index (χ3n) is 3.32. The molecule has 1 aliphatic rings. The third kappa shape index (κ3) is 4.41. The highest BCUT2D eigenvalue weighted by Gasteiger charge is 2.39. The highest BCUT2D eigenvalue weighted by atomic mass is 19.4. The van der Waals surface area contributed by atoms with E-state index in [1.807, 2.05) is 0 Å². The van der Waals surface area contributed by atoms with E-state index in [9.17, 15) is 13.2 Å². The average molecular weight is 223 g/mol. The van der Waals surface area contributed by atoms with Crippen molar-refractivity contribution in [1.29, 1.82) is 0 Å². The van der Waals surface area contributed by atoms with Crippen molar-refractivity contribution in [3.63, 3.8) is 0 Å². The third-order valence-corrected chi connectivity index (χ3v) is 3.32. The molecule has 0 heterocycles. The monoisotopic (exact) mass is 223 g/mol. The molecule has 1 fully saturated rings. The Morgan fingerprint density at radius 3 is 2.20 bits per heavy atom. The van der Waals surface area contributed by atoms with Gasteiger partial charge in [-0.05, 0) is 25.3 Å². The van der Waals surface area contributed by atoms with Crippen LogP contribution in [0, 0.1) is 11.8 Å². The first-order valence-corrected chi connectivity index (χ1v) is 5.81. The molecule has 1 saturated carbocycles. The minimum Gasteiger partial charge on any atom is -0.330 e. The SMILES string of the molecule is NCCC(CC1CCCCC1)C(F)(F)F. The first kappa shape index (κ1) is 12.8. The molecule has 0 bridgehead atoms. The summed E-state index contributed by atoms with van der Waals surface area (Å²) in [7, 11) is 0. The molecule has 1 nitrogen and oxygen atoms in total. The van der Waals surface area contributed by atoms with Gasteiger partial charge in [-0.1, -0.05) is 32.1 Å². The molecule has 1 unspecified atom stereocenters. The molecule has 90 valence electrons. The maximum atomic E-state index is 12.6. The van der Waals surface area contributed by atoms with E-state index < -0.39 is 12.1 Å². The Kier molecular flexibility index (Phi) is 4.90. The molecule has 2 N–H and O–H groups in total. The second-order valence-electron chi connectivity index (χ2n) is 4.56. The summed E-state index contributed by atoms with van der Waals surface area (Å²) < 4.78 is 37.8. The quantitative estimate of drug-likeness (QED) is 0.775. The predicted octanol–water partition coefficient (Wildman–Crippen LogP) is 3.48. The van der Waals surface area contributed by atoms with Crippen LogP contribution in [-0.4, -0.2) is 12.7 Å². The van der Waals surface area contributed by atoms with E-state index >= 15 is 0 Å². The second-order valence-corrected chi connectivity index (χ2v) is 4.56. The van der Waals surface area contributed by atoms with Gasteiger partial charge in [0.25, 0.3) is 0 Å². The Morgan fingerprint density at radius 2 is 1.73 bits per heavy atom. The Bertz CT molecular complexity index is 173. The lowest BCUT2D eigenvalue weighted by Crippen LogP contribution is -2.28. The zero-order chi connectivity index (χ0) is 11.3. The fraction of sp³-hybridized carbons (Fsp3) is 1.00. The van der Waals surface area contributed by atoms with Gasteiger partial charge in [0.15, 0.2) is 0 Å². The molecule has 1 atom stereocenters. The van der Waals surface area contributed by atoms with Crippen molar-refractivity contribution in [3.8, 4) is 0 Å². The van der Waals surface area contributed by atoms with Crippen LogP contribution in [0.3, 0.4) is 0 Å². The summed E-state index contributed by atoms with van der Waals surface area (Å²) in [4.78, 5) is 0. The topological polar surface area (TPSA) is 26.0 Å². The van der Waals surface area contributed by atoms with Gasteiger partial charge >= 0.3 is 6.18 Å². The molecule has 1 rings (SSSR count). The number of hydrogen-bond donors (Lipinski definition) is 1. The molecule has 0 aromatic carbocycles. The van der Waals surface area contributed by atoms with E-state index in [2.05, 4.69) is 0 Å². The van der Waals surface area contributed by atoms with Crippen molar-refractivity contribution in [2.75, 3.05) is 6.54 Å². The summed E-state index contributed by atoms with van der Waals surface area (Å²) in [6, 6.07) is 0. The smallest absolute Gasteiger partial charge is 0.330 e. The van der Waals surface area contributed by atoms with Crippen LogP contribution in [0.4, 0.5) is 13.2 Å². The molecule has 0 spiro atoms. The van der Waals surface area contributed by atoms with Crippen molar-refractivity contribution in [3.05, 3.63) is 0 Å². The fourth-order valence-corrected chi connectivity index (χ4v) is 2.44. The molecule has 0 radical (unpaired) electrons. The molecule has 0 aliphatic heterocycles. The largest absolute Gasteiger partial charge is 0.391 e. The second kappa shape index (κ2) is 5.73. The van der Waals surface area contributed by atoms with Crippen LogP contribution in [-0.2, 0) is 0 Å². The maximum Gasteiger partial charge on any atom is 0.391 e. The molecule has 0 aromatic heterocycles. The van der Waals surface area contributed by atoms with E-state index in [0.717, 1.165) is 25.7 Å². The summed E-state index contributed by atoms with van der Waals surface area (Å²) >= 11 is 0. The summed E-state index contributed by atoms with van der Waals surface area (Å²) in [6.45, 7) is 0.136. The van der Waals surface area contributed by atoms with Gasteiger partial charge in [0.1, 0.15) is 0 Å². The number of hydrogen-bond acceptors (Lipinski definition) is 1. The zero-order valence-corrected chi connectivity index (χ0v) is 9.02. The molecule has 1 aliphatic carbocycles. The van der Waals surface area contributed by atoms with Gasteiger partial charge in [0, 0.05) is 0 Å². The van der Waals surface area contributed by atoms with Crippen LogP contribution in [0.1, 0.15) is 44.9 Å². The molecule has 0 amide bonds. The highest BCUT2D eigenvalue weighted by molar-refractivity contribution is 4.75. The van der Waals surface area contributed by atoms with Gasteiger partial charge in [-0.15, -0.1) is 0 Å². The Morgan fingerprint density at radius 1 is 1.13 bits per heavy atom. The Labute approximate surface area is 89.2 Å². The average Bonchev–Trinajstić information content (AvgIpc) is 2.17. The first-order valence-electron chi connectivity index (χ1n) is 5.81. The van der Waals surface area contributed by atoms with Gasteiger partial charge in [-0.3, -0.25) is 0 Å². The minimum absolute atomic E-state index is 0.0833. The normalized spacial score (nSPS) is 21.6. The van der Waals surface area contributed by atoms with Crippen molar-refractivity contribution in [2.45, 2.75) is 51.1 Å². The summed E-state index contributed by atoms with van der Waals surface area (Å²) in [5, 5.41) is 0. The van der Waals surface area contributed by atoms with Gasteiger partial charge in [-0.25, -0.2) is 0 Å². The Hall–Kier alpha value is -0.250. The van der Waals surface area contributed by atoms with Gasteiger partial charge < -0.3 is 5.73 Å². The summed E-state index contributed by atoms with van der Waals surface area (Å²) in [5.74, 6) is -0.900. The van der Waals surface area contributed by atoms with Crippen LogP contribution in [0.25, 0.3) is 0 Å². The van der Waals surface area contributed by atoms with E-state index in [0.29, 0.717) is 6.42 Å². The molecular formula is C11H20F3N. The van der Waals surface area contributed by atoms with Gasteiger partial charge in [0.2, 0.25) is 0 Å². The number of rotatable bonds is 4. The lowest BCUT2D eigenvalue weighted by atomic mass is 9.81. The van der Waals surface area contributed by atoms with Crippen LogP contribution >= 0.6 is 0 Å². The first-order chi connectivity index (χ1) is 7.04. The van der Waals surface area contributed by atoms with Crippen molar-refractivity contribution < 1.29 is 13.2 Å². The summed E-state index contributed by atoms with van der Waals surface area (Å²) in [6.07, 6.45) is 1.63. The van der Waals surface area contributed by atoms with Crippen molar-refractivity contribution in [2.24, 2.45) is 17.6 Å². The van der Waals surface area contributed by atoms with Gasteiger partial charge in [-0.2, -0.15) is 13.2 Å². The van der Waals surface area contributed by atoms with Crippen molar-refractivity contribution >= 4 is 0 Å². The lowest BCUT2D eigenvalue weighted by molar-refractivity contribution is -0.181. The van der Waals surface area contributed by atoms with Crippen LogP contribution in [0.5, 0.6) is 0 Å². The van der Waals surface area contributed by atoms with E-state index in [-0.39, 0.29) is 18.9 Å². The molecule has 15 heavy (non-hydrogen) atoms. The number of nitrogens with two attached hydrogens (primary N) is 1. The minimum atomic E-state index is -4.06. The van der Waals surface area contributed by atoms with Gasteiger partial charge in [0.05, 0.1) is 5.92 Å². The molecular weight excluding hydrogens is 203 g/mol. The van der Waals surface area contributed by atoms with Crippen LogP contribution in [0.2, 0.25) is 0 Å². The molecule has 4 heteroatoms. The standard InChI is InChI=1S/C11H20F3N/c12-11(13,14)10(6-7-15)8-9-4-2-1-3-5-9/h9-10H,1-8,15H2. The van der Waals surface area contributed by atoms with E-state index in [4.69, 9.17) is 5.73 Å². The number of alkyl halides is 3. The molecule has 0 aromatic rings.